The number of rotatable bonds is 6. The third-order valence-corrected chi connectivity index (χ3v) is 1.66. The van der Waals surface area contributed by atoms with Crippen LogP contribution < -0.4 is 0 Å². The highest BCUT2D eigenvalue weighted by Gasteiger charge is 2.09. The standard InChI is InChI=1S/C9H15FO2/c1-3-4-8(10)6-5-7(2)9(11)12/h8H,2-6H2,1H3,(H,11,12). The predicted molar refractivity (Wildman–Crippen MR) is 45.8 cm³/mol. The zero-order valence-electron chi connectivity index (χ0n) is 7.35. The first-order valence-electron chi connectivity index (χ1n) is 4.13. The normalized spacial score (nSPS) is 12.5. The summed E-state index contributed by atoms with van der Waals surface area (Å²) in [5.41, 5.74) is 0.0914. The van der Waals surface area contributed by atoms with Crippen LogP contribution >= 0.6 is 0 Å². The maximum atomic E-state index is 12.8. The van der Waals surface area contributed by atoms with Gasteiger partial charge in [-0.25, -0.2) is 9.18 Å². The monoisotopic (exact) mass is 174 g/mol. The molecule has 0 fully saturated rings. The van der Waals surface area contributed by atoms with Crippen molar-refractivity contribution in [1.29, 1.82) is 0 Å². The van der Waals surface area contributed by atoms with Crippen LogP contribution in [0.5, 0.6) is 0 Å². The Balaban J connectivity index is 3.54. The summed E-state index contributed by atoms with van der Waals surface area (Å²) >= 11 is 0. The number of carboxylic acid groups (broad SMARTS) is 1. The Kier molecular flexibility index (Phi) is 5.34. The van der Waals surface area contributed by atoms with E-state index >= 15 is 0 Å². The Morgan fingerprint density at radius 1 is 1.58 bits per heavy atom. The molecule has 0 aliphatic rings. The van der Waals surface area contributed by atoms with Crippen LogP contribution in [0, 0.1) is 0 Å². The molecule has 0 saturated carbocycles. The molecule has 1 atom stereocenters. The number of carboxylic acids is 1. The lowest BCUT2D eigenvalue weighted by Crippen LogP contribution is -2.04. The zero-order valence-corrected chi connectivity index (χ0v) is 7.35. The fraction of sp³-hybridized carbons (Fsp3) is 0.667. The van der Waals surface area contributed by atoms with Crippen molar-refractivity contribution in [2.24, 2.45) is 0 Å². The largest absolute Gasteiger partial charge is 0.478 e. The Morgan fingerprint density at radius 3 is 2.58 bits per heavy atom. The molecule has 0 aromatic rings. The van der Waals surface area contributed by atoms with Gasteiger partial charge in [-0.1, -0.05) is 19.9 Å². The maximum absolute atomic E-state index is 12.8. The molecular formula is C9H15FO2. The first kappa shape index (κ1) is 11.1. The second-order valence-corrected chi connectivity index (χ2v) is 2.83. The van der Waals surface area contributed by atoms with E-state index in [2.05, 4.69) is 6.58 Å². The van der Waals surface area contributed by atoms with Gasteiger partial charge in [-0.15, -0.1) is 0 Å². The van der Waals surface area contributed by atoms with E-state index in [1.54, 1.807) is 0 Å². The van der Waals surface area contributed by atoms with Gasteiger partial charge in [-0.2, -0.15) is 0 Å². The molecule has 0 aliphatic heterocycles. The van der Waals surface area contributed by atoms with Gasteiger partial charge in [-0.05, 0) is 19.3 Å². The SMILES string of the molecule is C=C(CCC(F)CCC)C(=O)O. The van der Waals surface area contributed by atoms with Gasteiger partial charge < -0.3 is 5.11 Å². The summed E-state index contributed by atoms with van der Waals surface area (Å²) in [7, 11) is 0. The van der Waals surface area contributed by atoms with E-state index in [4.69, 9.17) is 5.11 Å². The van der Waals surface area contributed by atoms with Crippen LogP contribution in [0.3, 0.4) is 0 Å². The van der Waals surface area contributed by atoms with Crippen molar-refractivity contribution in [2.75, 3.05) is 0 Å². The van der Waals surface area contributed by atoms with E-state index in [1.165, 1.54) is 0 Å². The van der Waals surface area contributed by atoms with E-state index < -0.39 is 12.1 Å². The summed E-state index contributed by atoms with van der Waals surface area (Å²) in [6.07, 6.45) is 0.939. The van der Waals surface area contributed by atoms with Gasteiger partial charge in [0.05, 0.1) is 0 Å². The molecule has 2 nitrogen and oxygen atoms in total. The predicted octanol–water partition coefficient (Wildman–Crippen LogP) is 2.55. The van der Waals surface area contributed by atoms with Gasteiger partial charge in [0.2, 0.25) is 0 Å². The number of carbonyl (C=O) groups is 1. The van der Waals surface area contributed by atoms with Gasteiger partial charge >= 0.3 is 5.97 Å². The second-order valence-electron chi connectivity index (χ2n) is 2.83. The fourth-order valence-electron chi connectivity index (χ4n) is 0.895. The van der Waals surface area contributed by atoms with Gasteiger partial charge in [0.1, 0.15) is 6.17 Å². The average Bonchev–Trinajstić information content (AvgIpc) is 2.00. The maximum Gasteiger partial charge on any atom is 0.330 e. The molecule has 0 aromatic heterocycles. The Bertz CT molecular complexity index is 166. The molecule has 0 radical (unpaired) electrons. The summed E-state index contributed by atoms with van der Waals surface area (Å²) in [5, 5.41) is 8.40. The minimum absolute atomic E-state index is 0.0914. The van der Waals surface area contributed by atoms with Crippen molar-refractivity contribution < 1.29 is 14.3 Å². The average molecular weight is 174 g/mol. The smallest absolute Gasteiger partial charge is 0.330 e. The van der Waals surface area contributed by atoms with Crippen molar-refractivity contribution in [2.45, 2.75) is 38.8 Å². The molecule has 0 rings (SSSR count). The molecule has 0 saturated heterocycles. The summed E-state index contributed by atoms with van der Waals surface area (Å²) in [6, 6.07) is 0. The molecule has 1 N–H and O–H groups in total. The molecule has 70 valence electrons. The van der Waals surface area contributed by atoms with E-state index in [1.807, 2.05) is 6.92 Å². The summed E-state index contributed by atoms with van der Waals surface area (Å²) in [5.74, 6) is -1.03. The molecule has 0 aliphatic carbocycles. The molecule has 0 amide bonds. The minimum Gasteiger partial charge on any atom is -0.478 e. The molecule has 0 spiro atoms. The van der Waals surface area contributed by atoms with Crippen molar-refractivity contribution in [3.05, 3.63) is 12.2 Å². The minimum atomic E-state index is -1.03. The summed E-state index contributed by atoms with van der Waals surface area (Å²) in [4.78, 5) is 10.2. The highest BCUT2D eigenvalue weighted by Crippen LogP contribution is 2.12. The Labute approximate surface area is 72.1 Å². The van der Waals surface area contributed by atoms with Crippen LogP contribution in [-0.4, -0.2) is 17.2 Å². The van der Waals surface area contributed by atoms with E-state index in [-0.39, 0.29) is 18.4 Å². The van der Waals surface area contributed by atoms with Crippen molar-refractivity contribution in [1.82, 2.24) is 0 Å². The van der Waals surface area contributed by atoms with E-state index in [9.17, 15) is 9.18 Å². The Morgan fingerprint density at radius 2 is 2.17 bits per heavy atom. The van der Waals surface area contributed by atoms with Gasteiger partial charge in [0.15, 0.2) is 0 Å². The first-order chi connectivity index (χ1) is 5.57. The highest BCUT2D eigenvalue weighted by molar-refractivity contribution is 5.85. The second kappa shape index (κ2) is 5.75. The topological polar surface area (TPSA) is 37.3 Å². The summed E-state index contributed by atoms with van der Waals surface area (Å²) < 4.78 is 12.8. The molecule has 0 heterocycles. The molecule has 3 heteroatoms. The number of alkyl halides is 1. The highest BCUT2D eigenvalue weighted by atomic mass is 19.1. The lowest BCUT2D eigenvalue weighted by molar-refractivity contribution is -0.132. The third-order valence-electron chi connectivity index (χ3n) is 1.66. The molecule has 0 aromatic carbocycles. The number of halogens is 1. The van der Waals surface area contributed by atoms with Crippen LogP contribution in [0.1, 0.15) is 32.6 Å². The van der Waals surface area contributed by atoms with Gasteiger partial charge in [0, 0.05) is 5.57 Å². The lowest BCUT2D eigenvalue weighted by atomic mass is 10.1. The van der Waals surface area contributed by atoms with Gasteiger partial charge in [-0.3, -0.25) is 0 Å². The fourth-order valence-corrected chi connectivity index (χ4v) is 0.895. The van der Waals surface area contributed by atoms with Crippen molar-refractivity contribution in [3.8, 4) is 0 Å². The molecular weight excluding hydrogens is 159 g/mol. The van der Waals surface area contributed by atoms with Gasteiger partial charge in [0.25, 0.3) is 0 Å². The Hall–Kier alpha value is -0.860. The van der Waals surface area contributed by atoms with Crippen molar-refractivity contribution in [3.63, 3.8) is 0 Å². The quantitative estimate of drug-likeness (QED) is 0.628. The van der Waals surface area contributed by atoms with Crippen LogP contribution in [0.15, 0.2) is 12.2 Å². The first-order valence-corrected chi connectivity index (χ1v) is 4.13. The van der Waals surface area contributed by atoms with Crippen LogP contribution in [0.2, 0.25) is 0 Å². The van der Waals surface area contributed by atoms with Crippen molar-refractivity contribution >= 4 is 5.97 Å². The summed E-state index contributed by atoms with van der Waals surface area (Å²) in [6.45, 7) is 5.22. The van der Waals surface area contributed by atoms with Crippen LogP contribution in [0.4, 0.5) is 4.39 Å². The lowest BCUT2D eigenvalue weighted by Gasteiger charge is -2.05. The number of hydrogen-bond acceptors (Lipinski definition) is 1. The molecule has 12 heavy (non-hydrogen) atoms. The van der Waals surface area contributed by atoms with E-state index in [0.29, 0.717) is 6.42 Å². The number of aliphatic carboxylic acids is 1. The van der Waals surface area contributed by atoms with Crippen LogP contribution in [0.25, 0.3) is 0 Å². The molecule has 1 unspecified atom stereocenters. The number of hydrogen-bond donors (Lipinski definition) is 1. The molecule has 0 bridgehead atoms. The zero-order chi connectivity index (χ0) is 9.56. The third kappa shape index (κ3) is 4.88. The van der Waals surface area contributed by atoms with Crippen LogP contribution in [-0.2, 0) is 4.79 Å². The van der Waals surface area contributed by atoms with E-state index in [0.717, 1.165) is 6.42 Å².